The van der Waals surface area contributed by atoms with E-state index in [-0.39, 0.29) is 0 Å². The SMILES string of the molecule is CCn1c(CCl)nnc1Cc1cccc(Br)c1. The van der Waals surface area contributed by atoms with Gasteiger partial charge < -0.3 is 4.57 Å². The fourth-order valence-electron chi connectivity index (χ4n) is 1.80. The van der Waals surface area contributed by atoms with E-state index in [0.29, 0.717) is 5.88 Å². The van der Waals surface area contributed by atoms with Gasteiger partial charge in [0, 0.05) is 17.4 Å². The van der Waals surface area contributed by atoms with Gasteiger partial charge in [0.25, 0.3) is 0 Å². The molecular weight excluding hydrogens is 302 g/mol. The third-order valence-corrected chi connectivity index (χ3v) is 3.32. The van der Waals surface area contributed by atoms with Crippen molar-refractivity contribution in [2.45, 2.75) is 25.8 Å². The molecule has 1 aromatic carbocycles. The van der Waals surface area contributed by atoms with Gasteiger partial charge >= 0.3 is 0 Å². The Hall–Kier alpha value is -0.870. The molecule has 1 aromatic heterocycles. The highest BCUT2D eigenvalue weighted by Gasteiger charge is 2.10. The van der Waals surface area contributed by atoms with E-state index in [0.717, 1.165) is 29.1 Å². The Labute approximate surface area is 114 Å². The van der Waals surface area contributed by atoms with E-state index in [9.17, 15) is 0 Å². The summed E-state index contributed by atoms with van der Waals surface area (Å²) in [6, 6.07) is 8.21. The number of halogens is 2. The Morgan fingerprint density at radius 1 is 1.29 bits per heavy atom. The summed E-state index contributed by atoms with van der Waals surface area (Å²) in [6.07, 6.45) is 0.775. The van der Waals surface area contributed by atoms with Gasteiger partial charge in [-0.05, 0) is 24.6 Å². The van der Waals surface area contributed by atoms with Crippen LogP contribution in [0.5, 0.6) is 0 Å². The first-order valence-electron chi connectivity index (χ1n) is 5.46. The summed E-state index contributed by atoms with van der Waals surface area (Å²) in [7, 11) is 0. The zero-order valence-corrected chi connectivity index (χ0v) is 11.9. The van der Waals surface area contributed by atoms with Crippen LogP contribution in [0.4, 0.5) is 0 Å². The van der Waals surface area contributed by atoms with Crippen LogP contribution in [0.15, 0.2) is 28.7 Å². The van der Waals surface area contributed by atoms with Crippen molar-refractivity contribution in [3.63, 3.8) is 0 Å². The summed E-state index contributed by atoms with van der Waals surface area (Å²) < 4.78 is 3.14. The molecule has 0 fully saturated rings. The van der Waals surface area contributed by atoms with Crippen LogP contribution in [0.3, 0.4) is 0 Å². The van der Waals surface area contributed by atoms with E-state index in [2.05, 4.69) is 49.8 Å². The molecule has 0 aliphatic carbocycles. The Morgan fingerprint density at radius 3 is 2.71 bits per heavy atom. The van der Waals surface area contributed by atoms with E-state index in [1.807, 2.05) is 12.1 Å². The first-order valence-corrected chi connectivity index (χ1v) is 6.78. The third-order valence-electron chi connectivity index (χ3n) is 2.59. The minimum Gasteiger partial charge on any atom is -0.314 e. The molecule has 0 saturated heterocycles. The monoisotopic (exact) mass is 313 g/mol. The maximum Gasteiger partial charge on any atom is 0.147 e. The fourth-order valence-corrected chi connectivity index (χ4v) is 2.44. The summed E-state index contributed by atoms with van der Waals surface area (Å²) in [4.78, 5) is 0. The summed E-state index contributed by atoms with van der Waals surface area (Å²) in [6.45, 7) is 2.92. The molecule has 17 heavy (non-hydrogen) atoms. The quantitative estimate of drug-likeness (QED) is 0.810. The third kappa shape index (κ3) is 2.87. The van der Waals surface area contributed by atoms with Gasteiger partial charge in [0.2, 0.25) is 0 Å². The Balaban J connectivity index is 2.27. The maximum atomic E-state index is 5.82. The van der Waals surface area contributed by atoms with Crippen LogP contribution in [0.25, 0.3) is 0 Å². The van der Waals surface area contributed by atoms with Crippen LogP contribution in [-0.2, 0) is 18.8 Å². The van der Waals surface area contributed by atoms with Gasteiger partial charge in [-0.1, -0.05) is 28.1 Å². The highest BCUT2D eigenvalue weighted by molar-refractivity contribution is 9.10. The molecule has 0 unspecified atom stereocenters. The normalized spacial score (nSPS) is 10.8. The van der Waals surface area contributed by atoms with Gasteiger partial charge in [-0.3, -0.25) is 0 Å². The molecule has 0 radical (unpaired) electrons. The molecule has 0 N–H and O–H groups in total. The smallest absolute Gasteiger partial charge is 0.147 e. The molecule has 0 bridgehead atoms. The average Bonchev–Trinajstić information content (AvgIpc) is 2.71. The maximum absolute atomic E-state index is 5.82. The fraction of sp³-hybridized carbons (Fsp3) is 0.333. The standard InChI is InChI=1S/C12H13BrClN3/c1-2-17-11(15-16-12(17)8-14)7-9-4-3-5-10(13)6-9/h3-6H,2,7-8H2,1H3. The van der Waals surface area contributed by atoms with Crippen LogP contribution < -0.4 is 0 Å². The number of benzene rings is 1. The number of nitrogens with zero attached hydrogens (tertiary/aromatic N) is 3. The van der Waals surface area contributed by atoms with Crippen LogP contribution in [0, 0.1) is 0 Å². The highest BCUT2D eigenvalue weighted by Crippen LogP contribution is 2.15. The van der Waals surface area contributed by atoms with Gasteiger partial charge in [-0.25, -0.2) is 0 Å². The first kappa shape index (κ1) is 12.6. The predicted octanol–water partition coefficient (Wildman–Crippen LogP) is 3.39. The van der Waals surface area contributed by atoms with Gasteiger partial charge in [0.1, 0.15) is 11.6 Å². The second-order valence-corrected chi connectivity index (χ2v) is 4.90. The van der Waals surface area contributed by atoms with Gasteiger partial charge in [-0.2, -0.15) is 0 Å². The van der Waals surface area contributed by atoms with E-state index in [1.165, 1.54) is 5.56 Å². The summed E-state index contributed by atoms with van der Waals surface area (Å²) in [5.74, 6) is 2.19. The molecule has 0 aliphatic heterocycles. The van der Waals surface area contributed by atoms with E-state index < -0.39 is 0 Å². The average molecular weight is 315 g/mol. The van der Waals surface area contributed by atoms with Crippen molar-refractivity contribution in [2.24, 2.45) is 0 Å². The molecular formula is C12H13BrClN3. The number of hydrogen-bond acceptors (Lipinski definition) is 2. The van der Waals surface area contributed by atoms with Crippen LogP contribution >= 0.6 is 27.5 Å². The molecule has 3 nitrogen and oxygen atoms in total. The molecule has 0 amide bonds. The second kappa shape index (κ2) is 5.65. The largest absolute Gasteiger partial charge is 0.314 e. The molecule has 0 atom stereocenters. The first-order chi connectivity index (χ1) is 8.24. The molecule has 0 saturated carbocycles. The molecule has 90 valence electrons. The van der Waals surface area contributed by atoms with Crippen molar-refractivity contribution < 1.29 is 0 Å². The molecule has 5 heteroatoms. The Bertz CT molecular complexity index is 510. The van der Waals surface area contributed by atoms with Crippen molar-refractivity contribution in [1.82, 2.24) is 14.8 Å². The minimum absolute atomic E-state index is 0.402. The molecule has 2 aromatic rings. The van der Waals surface area contributed by atoms with Gasteiger partial charge in [0.15, 0.2) is 0 Å². The lowest BCUT2D eigenvalue weighted by molar-refractivity contribution is 0.686. The van der Waals surface area contributed by atoms with E-state index in [4.69, 9.17) is 11.6 Å². The number of rotatable bonds is 4. The highest BCUT2D eigenvalue weighted by atomic mass is 79.9. The van der Waals surface area contributed by atoms with Gasteiger partial charge in [0.05, 0.1) is 5.88 Å². The van der Waals surface area contributed by atoms with Crippen LogP contribution in [-0.4, -0.2) is 14.8 Å². The summed E-state index contributed by atoms with van der Waals surface area (Å²) >= 11 is 9.29. The van der Waals surface area contributed by atoms with Gasteiger partial charge in [-0.15, -0.1) is 21.8 Å². The molecule has 1 heterocycles. The Kier molecular flexibility index (Phi) is 4.18. The lowest BCUT2D eigenvalue weighted by atomic mass is 10.1. The molecule has 0 spiro atoms. The molecule has 2 rings (SSSR count). The lowest BCUT2D eigenvalue weighted by Crippen LogP contribution is -2.05. The minimum atomic E-state index is 0.402. The summed E-state index contributed by atoms with van der Waals surface area (Å²) in [5.41, 5.74) is 1.21. The van der Waals surface area contributed by atoms with Crippen LogP contribution in [0.2, 0.25) is 0 Å². The van der Waals surface area contributed by atoms with Crippen molar-refractivity contribution in [3.8, 4) is 0 Å². The van der Waals surface area contributed by atoms with Crippen molar-refractivity contribution in [3.05, 3.63) is 46.0 Å². The number of alkyl halides is 1. The zero-order chi connectivity index (χ0) is 12.3. The van der Waals surface area contributed by atoms with E-state index in [1.54, 1.807) is 0 Å². The molecule has 0 aliphatic rings. The van der Waals surface area contributed by atoms with Crippen LogP contribution in [0.1, 0.15) is 24.1 Å². The van der Waals surface area contributed by atoms with E-state index >= 15 is 0 Å². The van der Waals surface area contributed by atoms with Crippen molar-refractivity contribution in [2.75, 3.05) is 0 Å². The number of aromatic nitrogens is 3. The Morgan fingerprint density at radius 2 is 2.06 bits per heavy atom. The summed E-state index contributed by atoms with van der Waals surface area (Å²) in [5, 5.41) is 8.29. The second-order valence-electron chi connectivity index (χ2n) is 3.72. The topological polar surface area (TPSA) is 30.7 Å². The predicted molar refractivity (Wildman–Crippen MR) is 72.2 cm³/mol. The number of hydrogen-bond donors (Lipinski definition) is 0. The van der Waals surface area contributed by atoms with Crippen molar-refractivity contribution >= 4 is 27.5 Å². The lowest BCUT2D eigenvalue weighted by Gasteiger charge is -2.06. The zero-order valence-electron chi connectivity index (χ0n) is 9.53. The van der Waals surface area contributed by atoms with Crippen molar-refractivity contribution in [1.29, 1.82) is 0 Å².